The Balaban J connectivity index is 0.00000256. The zero-order chi connectivity index (χ0) is 20.3. The van der Waals surface area contributed by atoms with Crippen molar-refractivity contribution in [1.82, 2.24) is 25.6 Å². The number of benzene rings is 1. The van der Waals surface area contributed by atoms with E-state index in [9.17, 15) is 4.79 Å². The third-order valence-electron chi connectivity index (χ3n) is 6.55. The molecule has 1 aromatic heterocycles. The van der Waals surface area contributed by atoms with E-state index in [2.05, 4.69) is 52.1 Å². The average Bonchev–Trinajstić information content (AvgIpc) is 3.15. The Morgan fingerprint density at radius 1 is 1.23 bits per heavy atom. The Morgan fingerprint density at radius 2 is 1.93 bits per heavy atom. The van der Waals surface area contributed by atoms with E-state index in [0.717, 1.165) is 57.7 Å². The maximum absolute atomic E-state index is 13.0. The summed E-state index contributed by atoms with van der Waals surface area (Å²) in [6.45, 7) is 8.06. The van der Waals surface area contributed by atoms with Gasteiger partial charge < -0.3 is 15.4 Å². The lowest BCUT2D eigenvalue weighted by Gasteiger charge is -2.38. The monoisotopic (exact) mass is 433 g/mol. The van der Waals surface area contributed by atoms with E-state index in [1.165, 1.54) is 11.1 Å². The molecule has 0 bridgehead atoms. The molecule has 0 unspecified atom stereocenters. The Kier molecular flexibility index (Phi) is 7.50. The van der Waals surface area contributed by atoms with Crippen LogP contribution in [-0.4, -0.2) is 53.7 Å². The summed E-state index contributed by atoms with van der Waals surface area (Å²) in [5.41, 5.74) is 3.76. The first-order valence-electron chi connectivity index (χ1n) is 10.7. The van der Waals surface area contributed by atoms with Gasteiger partial charge in [-0.25, -0.2) is 4.68 Å². The number of nitrogens with one attached hydrogen (secondary N) is 2. The molecule has 1 amide bonds. The quantitative estimate of drug-likeness (QED) is 0.757. The molecule has 7 nitrogen and oxygen atoms in total. The number of rotatable bonds is 5. The predicted molar refractivity (Wildman–Crippen MR) is 118 cm³/mol. The number of aromatic nitrogens is 3. The highest BCUT2D eigenvalue weighted by Gasteiger charge is 2.36. The standard InChI is InChI=1S/C22H31N5O2.ClH/c1-16-5-3-4-6-19(16)22(9-13-29-14-10-22)15-24-21(28)20-17(2)27(26-25-20)18-7-11-23-12-8-18;/h3-6,18,23H,7-15H2,1-2H3,(H,24,28);1H. The van der Waals surface area contributed by atoms with Crippen LogP contribution in [0.1, 0.15) is 59.0 Å². The van der Waals surface area contributed by atoms with Gasteiger partial charge in [0.1, 0.15) is 0 Å². The van der Waals surface area contributed by atoms with Gasteiger partial charge in [-0.15, -0.1) is 17.5 Å². The van der Waals surface area contributed by atoms with Crippen molar-refractivity contribution in [3.8, 4) is 0 Å². The van der Waals surface area contributed by atoms with Crippen LogP contribution in [0.15, 0.2) is 24.3 Å². The molecule has 8 heteroatoms. The first kappa shape index (κ1) is 22.7. The van der Waals surface area contributed by atoms with Crippen molar-refractivity contribution >= 4 is 18.3 Å². The average molecular weight is 434 g/mol. The lowest BCUT2D eigenvalue weighted by atomic mass is 9.72. The SMILES string of the molecule is Cc1ccccc1C1(CNC(=O)c2nnn(C3CCNCC3)c2C)CCOCC1.Cl. The minimum absolute atomic E-state index is 0. The molecule has 4 rings (SSSR count). The maximum Gasteiger partial charge on any atom is 0.273 e. The first-order chi connectivity index (χ1) is 14.1. The van der Waals surface area contributed by atoms with Crippen LogP contribution in [0.5, 0.6) is 0 Å². The van der Waals surface area contributed by atoms with E-state index in [1.807, 2.05) is 11.6 Å². The van der Waals surface area contributed by atoms with Crippen LogP contribution in [0.25, 0.3) is 0 Å². The second-order valence-electron chi connectivity index (χ2n) is 8.34. The van der Waals surface area contributed by atoms with Gasteiger partial charge in [-0.2, -0.15) is 0 Å². The van der Waals surface area contributed by atoms with E-state index < -0.39 is 0 Å². The molecule has 3 heterocycles. The first-order valence-corrected chi connectivity index (χ1v) is 10.7. The van der Waals surface area contributed by atoms with Gasteiger partial charge in [0.05, 0.1) is 11.7 Å². The Hall–Kier alpha value is -1.96. The van der Waals surface area contributed by atoms with Gasteiger partial charge in [-0.1, -0.05) is 29.5 Å². The summed E-state index contributed by atoms with van der Waals surface area (Å²) in [4.78, 5) is 13.0. The molecule has 2 saturated heterocycles. The highest BCUT2D eigenvalue weighted by atomic mass is 35.5. The minimum atomic E-state index is -0.137. The van der Waals surface area contributed by atoms with Crippen molar-refractivity contribution in [3.05, 3.63) is 46.8 Å². The van der Waals surface area contributed by atoms with Crippen LogP contribution in [0.4, 0.5) is 0 Å². The molecule has 1 aromatic carbocycles. The van der Waals surface area contributed by atoms with Gasteiger partial charge in [-0.05, 0) is 63.7 Å². The maximum atomic E-state index is 13.0. The van der Waals surface area contributed by atoms with Crippen molar-refractivity contribution in [2.75, 3.05) is 32.8 Å². The predicted octanol–water partition coefficient (Wildman–Crippen LogP) is 2.72. The summed E-state index contributed by atoms with van der Waals surface area (Å²) in [5, 5.41) is 15.1. The fraction of sp³-hybridized carbons (Fsp3) is 0.591. The van der Waals surface area contributed by atoms with E-state index >= 15 is 0 Å². The molecule has 0 saturated carbocycles. The summed E-state index contributed by atoms with van der Waals surface area (Å²) < 4.78 is 7.56. The number of carbonyl (C=O) groups excluding carboxylic acids is 1. The highest BCUT2D eigenvalue weighted by molar-refractivity contribution is 5.93. The molecular formula is C22H32ClN5O2. The molecule has 0 atom stereocenters. The van der Waals surface area contributed by atoms with Crippen LogP contribution >= 0.6 is 12.4 Å². The number of piperidine rings is 1. The molecule has 2 aliphatic rings. The smallest absolute Gasteiger partial charge is 0.273 e. The van der Waals surface area contributed by atoms with Crippen molar-refractivity contribution < 1.29 is 9.53 Å². The van der Waals surface area contributed by atoms with Gasteiger partial charge in [0.15, 0.2) is 5.69 Å². The van der Waals surface area contributed by atoms with Gasteiger partial charge in [0, 0.05) is 25.2 Å². The van der Waals surface area contributed by atoms with Gasteiger partial charge >= 0.3 is 0 Å². The van der Waals surface area contributed by atoms with Crippen LogP contribution in [0, 0.1) is 13.8 Å². The van der Waals surface area contributed by atoms with Crippen LogP contribution in [-0.2, 0) is 10.2 Å². The van der Waals surface area contributed by atoms with E-state index in [0.29, 0.717) is 18.3 Å². The number of carbonyl (C=O) groups is 1. The van der Waals surface area contributed by atoms with Crippen molar-refractivity contribution in [2.45, 2.75) is 51.0 Å². The van der Waals surface area contributed by atoms with Crippen LogP contribution in [0.2, 0.25) is 0 Å². The highest BCUT2D eigenvalue weighted by Crippen LogP contribution is 2.36. The summed E-state index contributed by atoms with van der Waals surface area (Å²) >= 11 is 0. The zero-order valence-electron chi connectivity index (χ0n) is 17.8. The fourth-order valence-electron chi connectivity index (χ4n) is 4.75. The number of ether oxygens (including phenoxy) is 1. The third kappa shape index (κ3) is 4.53. The number of hydrogen-bond donors (Lipinski definition) is 2. The van der Waals surface area contributed by atoms with E-state index in [-0.39, 0.29) is 23.7 Å². The normalized spacial score (nSPS) is 19.1. The lowest BCUT2D eigenvalue weighted by molar-refractivity contribution is 0.0484. The molecule has 2 N–H and O–H groups in total. The lowest BCUT2D eigenvalue weighted by Crippen LogP contribution is -2.45. The van der Waals surface area contributed by atoms with Gasteiger partial charge in [0.25, 0.3) is 5.91 Å². The number of halogens is 1. The molecule has 2 aliphatic heterocycles. The van der Waals surface area contributed by atoms with Crippen LogP contribution < -0.4 is 10.6 Å². The van der Waals surface area contributed by atoms with Crippen molar-refractivity contribution in [2.24, 2.45) is 0 Å². The number of amides is 1. The molecule has 164 valence electrons. The van der Waals surface area contributed by atoms with Gasteiger partial charge in [0.2, 0.25) is 0 Å². The summed E-state index contributed by atoms with van der Waals surface area (Å²) in [5.74, 6) is -0.137. The molecule has 0 radical (unpaired) electrons. The van der Waals surface area contributed by atoms with Crippen molar-refractivity contribution in [1.29, 1.82) is 0 Å². The van der Waals surface area contributed by atoms with Crippen LogP contribution in [0.3, 0.4) is 0 Å². The molecule has 0 aliphatic carbocycles. The second kappa shape index (κ2) is 9.90. The van der Waals surface area contributed by atoms with E-state index in [4.69, 9.17) is 4.74 Å². The topological polar surface area (TPSA) is 81.1 Å². The molecule has 2 aromatic rings. The fourth-order valence-corrected chi connectivity index (χ4v) is 4.75. The third-order valence-corrected chi connectivity index (χ3v) is 6.55. The number of nitrogens with zero attached hydrogens (tertiary/aromatic N) is 3. The Labute approximate surface area is 184 Å². The van der Waals surface area contributed by atoms with Crippen molar-refractivity contribution in [3.63, 3.8) is 0 Å². The second-order valence-corrected chi connectivity index (χ2v) is 8.34. The number of hydrogen-bond acceptors (Lipinski definition) is 5. The molecule has 0 spiro atoms. The van der Waals surface area contributed by atoms with E-state index in [1.54, 1.807) is 0 Å². The molecule has 30 heavy (non-hydrogen) atoms. The number of aryl methyl sites for hydroxylation is 1. The summed E-state index contributed by atoms with van der Waals surface area (Å²) in [6, 6.07) is 8.79. The summed E-state index contributed by atoms with van der Waals surface area (Å²) in [7, 11) is 0. The Morgan fingerprint density at radius 3 is 2.63 bits per heavy atom. The van der Waals surface area contributed by atoms with Gasteiger partial charge in [-0.3, -0.25) is 4.79 Å². The summed E-state index contributed by atoms with van der Waals surface area (Å²) in [6.07, 6.45) is 3.83. The molecular weight excluding hydrogens is 402 g/mol. The molecule has 2 fully saturated rings. The largest absolute Gasteiger partial charge is 0.381 e. The zero-order valence-corrected chi connectivity index (χ0v) is 18.6. The Bertz CT molecular complexity index is 857. The minimum Gasteiger partial charge on any atom is -0.381 e.